The molecule has 0 aromatic carbocycles. The zero-order valence-corrected chi connectivity index (χ0v) is 26.2. The van der Waals surface area contributed by atoms with E-state index in [9.17, 15) is 9.59 Å². The van der Waals surface area contributed by atoms with Crippen molar-refractivity contribution in [2.24, 2.45) is 0 Å². The maximum Gasteiger partial charge on any atom is 0.407 e. The molecule has 6 rings (SSSR count). The van der Waals surface area contributed by atoms with E-state index in [2.05, 4.69) is 25.3 Å². The molecule has 3 aromatic rings. The smallest absolute Gasteiger partial charge is 0.407 e. The highest BCUT2D eigenvalue weighted by molar-refractivity contribution is 7.22. The van der Waals surface area contributed by atoms with Crippen LogP contribution in [0.1, 0.15) is 76.2 Å². The first kappa shape index (κ1) is 29.4. The van der Waals surface area contributed by atoms with Gasteiger partial charge < -0.3 is 30.1 Å². The Morgan fingerprint density at radius 3 is 2.35 bits per heavy atom. The van der Waals surface area contributed by atoms with Crippen LogP contribution in [0.3, 0.4) is 0 Å². The third-order valence-corrected chi connectivity index (χ3v) is 9.13. The fourth-order valence-corrected chi connectivity index (χ4v) is 6.97. The molecule has 230 valence electrons. The summed E-state index contributed by atoms with van der Waals surface area (Å²) < 4.78 is 6.38. The minimum absolute atomic E-state index is 0.0479. The van der Waals surface area contributed by atoms with Gasteiger partial charge >= 0.3 is 6.09 Å². The van der Waals surface area contributed by atoms with Crippen LogP contribution in [0.4, 0.5) is 27.2 Å². The van der Waals surface area contributed by atoms with Crippen molar-refractivity contribution in [1.29, 1.82) is 0 Å². The first-order valence-corrected chi connectivity index (χ1v) is 16.4. The number of anilines is 4. The first-order chi connectivity index (χ1) is 20.7. The lowest BCUT2D eigenvalue weighted by molar-refractivity contribution is 0.0509. The van der Waals surface area contributed by atoms with Crippen LogP contribution in [0.2, 0.25) is 0 Å². The van der Waals surface area contributed by atoms with Gasteiger partial charge in [0, 0.05) is 39.3 Å². The Morgan fingerprint density at radius 1 is 0.907 bits per heavy atom. The van der Waals surface area contributed by atoms with E-state index >= 15 is 0 Å². The molecule has 3 aliphatic heterocycles. The zero-order chi connectivity index (χ0) is 30.0. The Hall–Kier alpha value is -3.67. The number of thiazole rings is 1. The van der Waals surface area contributed by atoms with E-state index < -0.39 is 11.7 Å². The van der Waals surface area contributed by atoms with Gasteiger partial charge in [-0.25, -0.2) is 14.8 Å². The summed E-state index contributed by atoms with van der Waals surface area (Å²) >= 11 is 1.64. The van der Waals surface area contributed by atoms with Crippen molar-refractivity contribution in [2.45, 2.75) is 77.4 Å². The van der Waals surface area contributed by atoms with E-state index in [4.69, 9.17) is 19.7 Å². The average Bonchev–Trinajstić information content (AvgIpc) is 3.63. The SMILES string of the molecule is CC(C)(C)OC(=O)N[C@H]1CCN(c2cccc(C(=O)Nc3cc4sc(N5CCCCC5)nc4nc3N3CCCCC3)n2)C1. The maximum atomic E-state index is 13.6. The molecule has 0 bridgehead atoms. The molecule has 1 atom stereocenters. The Labute approximate surface area is 257 Å². The predicted octanol–water partition coefficient (Wildman–Crippen LogP) is 5.42. The number of rotatable bonds is 6. The van der Waals surface area contributed by atoms with Crippen molar-refractivity contribution in [3.63, 3.8) is 0 Å². The number of aromatic nitrogens is 3. The van der Waals surface area contributed by atoms with Crippen molar-refractivity contribution in [1.82, 2.24) is 20.3 Å². The van der Waals surface area contributed by atoms with Crippen LogP contribution in [-0.2, 0) is 4.74 Å². The van der Waals surface area contributed by atoms with Crippen LogP contribution in [0.25, 0.3) is 10.3 Å². The molecule has 0 saturated carbocycles. The van der Waals surface area contributed by atoms with Crippen molar-refractivity contribution in [3.8, 4) is 0 Å². The molecule has 6 heterocycles. The van der Waals surface area contributed by atoms with Crippen LogP contribution in [0.15, 0.2) is 24.3 Å². The van der Waals surface area contributed by atoms with Gasteiger partial charge in [-0.05, 0) is 83.9 Å². The van der Waals surface area contributed by atoms with Gasteiger partial charge in [0.15, 0.2) is 16.6 Å². The topological polar surface area (TPSA) is 116 Å². The number of nitrogens with zero attached hydrogens (tertiary/aromatic N) is 6. The first-order valence-electron chi connectivity index (χ1n) is 15.6. The van der Waals surface area contributed by atoms with E-state index in [0.29, 0.717) is 23.7 Å². The molecule has 0 radical (unpaired) electrons. The standard InChI is InChI=1S/C31H42N8O3S/c1-31(2,3)42-30(41)32-21-13-18-39(20-21)25-12-10-11-22(33-25)28(40)34-23-19-24-26(35-27(23)37-14-6-4-7-15-37)36-29(43-24)38-16-8-5-9-17-38/h10-12,19,21H,4-9,13-18,20H2,1-3H3,(H,32,41)(H,34,40)/t21-/m0/s1. The molecule has 43 heavy (non-hydrogen) atoms. The van der Waals surface area contributed by atoms with Gasteiger partial charge in [0.1, 0.15) is 17.1 Å². The van der Waals surface area contributed by atoms with E-state index in [1.165, 1.54) is 25.7 Å². The fraction of sp³-hybridized carbons (Fsp3) is 0.581. The molecular formula is C31H42N8O3S. The highest BCUT2D eigenvalue weighted by atomic mass is 32.1. The van der Waals surface area contributed by atoms with Gasteiger partial charge in [0.05, 0.1) is 16.4 Å². The predicted molar refractivity (Wildman–Crippen MR) is 172 cm³/mol. The van der Waals surface area contributed by atoms with Crippen LogP contribution >= 0.6 is 11.3 Å². The molecule has 12 heteroatoms. The third kappa shape index (κ3) is 7.11. The Morgan fingerprint density at radius 2 is 1.63 bits per heavy atom. The summed E-state index contributed by atoms with van der Waals surface area (Å²) in [6, 6.07) is 7.48. The normalized spacial score (nSPS) is 19.5. The Bertz CT molecular complexity index is 1460. The molecule has 2 amide bonds. The number of carbonyl (C=O) groups is 2. The highest BCUT2D eigenvalue weighted by Crippen LogP contribution is 2.36. The van der Waals surface area contributed by atoms with Crippen LogP contribution < -0.4 is 25.3 Å². The minimum atomic E-state index is -0.546. The lowest BCUT2D eigenvalue weighted by atomic mass is 10.1. The van der Waals surface area contributed by atoms with Crippen molar-refractivity contribution in [2.75, 3.05) is 59.3 Å². The molecular weight excluding hydrogens is 564 g/mol. The summed E-state index contributed by atoms with van der Waals surface area (Å²) in [5.74, 6) is 1.21. The lowest BCUT2D eigenvalue weighted by Gasteiger charge is -2.29. The second kappa shape index (κ2) is 12.5. The quantitative estimate of drug-likeness (QED) is 0.379. The maximum absolute atomic E-state index is 13.6. The van der Waals surface area contributed by atoms with Gasteiger partial charge in [-0.15, -0.1) is 0 Å². The lowest BCUT2D eigenvalue weighted by Crippen LogP contribution is -2.40. The monoisotopic (exact) mass is 606 g/mol. The fourth-order valence-electron chi connectivity index (χ4n) is 5.97. The largest absolute Gasteiger partial charge is 0.444 e. The number of nitrogens with one attached hydrogen (secondary N) is 2. The van der Waals surface area contributed by atoms with E-state index in [-0.39, 0.29) is 11.9 Å². The van der Waals surface area contributed by atoms with Crippen LogP contribution in [0.5, 0.6) is 0 Å². The molecule has 3 aliphatic rings. The van der Waals surface area contributed by atoms with Gasteiger partial charge in [-0.3, -0.25) is 4.79 Å². The summed E-state index contributed by atoms with van der Waals surface area (Å²) in [6.07, 6.45) is 7.42. The Kier molecular flexibility index (Phi) is 8.56. The molecule has 3 saturated heterocycles. The molecule has 0 unspecified atom stereocenters. The number of fused-ring (bicyclic) bond motifs is 1. The molecule has 3 fully saturated rings. The number of piperidine rings is 2. The average molecular weight is 607 g/mol. The molecule has 11 nitrogen and oxygen atoms in total. The number of hydrogen-bond acceptors (Lipinski definition) is 10. The number of hydrogen-bond donors (Lipinski definition) is 2. The van der Waals surface area contributed by atoms with Gasteiger partial charge in [-0.2, -0.15) is 4.98 Å². The third-order valence-electron chi connectivity index (χ3n) is 8.08. The number of ether oxygens (including phenoxy) is 1. The molecule has 3 aromatic heterocycles. The number of pyridine rings is 2. The highest BCUT2D eigenvalue weighted by Gasteiger charge is 2.28. The summed E-state index contributed by atoms with van der Waals surface area (Å²) in [7, 11) is 0. The summed E-state index contributed by atoms with van der Waals surface area (Å²) in [6.45, 7) is 10.7. The van der Waals surface area contributed by atoms with Crippen LogP contribution in [-0.4, -0.2) is 77.9 Å². The second-order valence-electron chi connectivity index (χ2n) is 12.7. The second-order valence-corrected chi connectivity index (χ2v) is 13.7. The minimum Gasteiger partial charge on any atom is -0.444 e. The number of amides is 2. The van der Waals surface area contributed by atoms with E-state index in [1.807, 2.05) is 39.0 Å². The number of carbonyl (C=O) groups excluding carboxylic acids is 2. The summed E-state index contributed by atoms with van der Waals surface area (Å²) in [4.78, 5) is 47.2. The van der Waals surface area contributed by atoms with Gasteiger partial charge in [-0.1, -0.05) is 17.4 Å². The van der Waals surface area contributed by atoms with Crippen molar-refractivity contribution < 1.29 is 14.3 Å². The molecule has 0 spiro atoms. The van der Waals surface area contributed by atoms with Gasteiger partial charge in [0.2, 0.25) is 0 Å². The zero-order valence-electron chi connectivity index (χ0n) is 25.4. The Balaban J connectivity index is 1.19. The van der Waals surface area contributed by atoms with Crippen molar-refractivity contribution in [3.05, 3.63) is 30.0 Å². The summed E-state index contributed by atoms with van der Waals surface area (Å²) in [5.41, 5.74) is 1.23. The van der Waals surface area contributed by atoms with Crippen LogP contribution in [0, 0.1) is 0 Å². The van der Waals surface area contributed by atoms with Gasteiger partial charge in [0.25, 0.3) is 5.91 Å². The molecule has 0 aliphatic carbocycles. The number of alkyl carbamates (subject to hydrolysis) is 1. The van der Waals surface area contributed by atoms with Crippen molar-refractivity contribution >= 4 is 56.1 Å². The van der Waals surface area contributed by atoms with E-state index in [0.717, 1.165) is 73.3 Å². The van der Waals surface area contributed by atoms with E-state index in [1.54, 1.807) is 17.4 Å². The molecule has 2 N–H and O–H groups in total. The summed E-state index contributed by atoms with van der Waals surface area (Å²) in [5, 5.41) is 7.11.